The third-order valence-electron chi connectivity index (χ3n) is 5.66. The lowest BCUT2D eigenvalue weighted by Crippen LogP contribution is -2.48. The fraction of sp³-hybridized carbons (Fsp3) is 0.333. The Labute approximate surface area is 180 Å². The quantitative estimate of drug-likeness (QED) is 0.690. The van der Waals surface area contributed by atoms with Crippen LogP contribution in [0.5, 0.6) is 5.75 Å². The van der Waals surface area contributed by atoms with Crippen LogP contribution in [0, 0.1) is 6.92 Å². The topological polar surface area (TPSA) is 83.2 Å². The Morgan fingerprint density at radius 3 is 2.48 bits per heavy atom. The zero-order chi connectivity index (χ0) is 22.0. The highest BCUT2D eigenvalue weighted by atomic mass is 16.6. The molecular formula is C24H26N2O5. The number of piperazine rings is 1. The maximum Gasteiger partial charge on any atom is 0.409 e. The molecule has 0 bridgehead atoms. The van der Waals surface area contributed by atoms with Crippen LogP contribution in [-0.4, -0.2) is 53.8 Å². The Hall–Kier alpha value is -3.32. The lowest BCUT2D eigenvalue weighted by molar-refractivity contribution is 0.0776. The molecule has 1 aliphatic rings. The van der Waals surface area contributed by atoms with Crippen molar-refractivity contribution in [3.63, 3.8) is 0 Å². The highest BCUT2D eigenvalue weighted by Gasteiger charge is 2.24. The Bertz CT molecular complexity index is 1150. The molecule has 0 saturated carbocycles. The molecule has 2 aromatic carbocycles. The third kappa shape index (κ3) is 4.14. The Balaban J connectivity index is 1.64. The molecule has 0 spiro atoms. The molecule has 7 nitrogen and oxygen atoms in total. The highest BCUT2D eigenvalue weighted by molar-refractivity contribution is 5.86. The fourth-order valence-electron chi connectivity index (χ4n) is 4.03. The molecule has 1 N–H and O–H groups in total. The lowest BCUT2D eigenvalue weighted by atomic mass is 10.0. The number of nitrogens with zero attached hydrogens (tertiary/aromatic N) is 2. The zero-order valence-electron chi connectivity index (χ0n) is 17.8. The van der Waals surface area contributed by atoms with Crippen molar-refractivity contribution in [2.24, 2.45) is 0 Å². The molecule has 4 rings (SSSR count). The monoisotopic (exact) mass is 422 g/mol. The van der Waals surface area contributed by atoms with Crippen molar-refractivity contribution in [2.75, 3.05) is 32.8 Å². The molecule has 7 heteroatoms. The van der Waals surface area contributed by atoms with Gasteiger partial charge in [0.2, 0.25) is 5.43 Å². The van der Waals surface area contributed by atoms with Crippen LogP contribution in [0.25, 0.3) is 22.1 Å². The van der Waals surface area contributed by atoms with E-state index in [1.807, 2.05) is 30.3 Å². The van der Waals surface area contributed by atoms with E-state index in [1.54, 1.807) is 30.9 Å². The maximum atomic E-state index is 13.3. The van der Waals surface area contributed by atoms with Crippen molar-refractivity contribution in [3.8, 4) is 16.9 Å². The molecule has 3 aromatic rings. The van der Waals surface area contributed by atoms with E-state index in [0.29, 0.717) is 67.2 Å². The summed E-state index contributed by atoms with van der Waals surface area (Å²) in [6, 6.07) is 12.6. The van der Waals surface area contributed by atoms with E-state index in [4.69, 9.17) is 9.15 Å². The summed E-state index contributed by atoms with van der Waals surface area (Å²) < 4.78 is 11.2. The van der Waals surface area contributed by atoms with E-state index < -0.39 is 0 Å². The number of aromatic hydroxyl groups is 1. The van der Waals surface area contributed by atoms with Gasteiger partial charge in [-0.15, -0.1) is 0 Å². The van der Waals surface area contributed by atoms with Crippen molar-refractivity contribution < 1.29 is 19.1 Å². The number of aryl methyl sites for hydroxylation is 1. The van der Waals surface area contributed by atoms with E-state index in [1.165, 1.54) is 0 Å². The van der Waals surface area contributed by atoms with E-state index in [-0.39, 0.29) is 17.3 Å². The van der Waals surface area contributed by atoms with Crippen LogP contribution < -0.4 is 5.43 Å². The van der Waals surface area contributed by atoms with Gasteiger partial charge in [0, 0.05) is 32.7 Å². The Morgan fingerprint density at radius 1 is 1.10 bits per heavy atom. The third-order valence-corrected chi connectivity index (χ3v) is 5.66. The number of hydrogen-bond acceptors (Lipinski definition) is 6. The number of phenols is 1. The van der Waals surface area contributed by atoms with Gasteiger partial charge in [0.15, 0.2) is 0 Å². The number of amides is 1. The van der Waals surface area contributed by atoms with E-state index in [0.717, 1.165) is 5.56 Å². The molecule has 1 saturated heterocycles. The lowest BCUT2D eigenvalue weighted by Gasteiger charge is -2.34. The van der Waals surface area contributed by atoms with Crippen LogP contribution in [0.3, 0.4) is 0 Å². The van der Waals surface area contributed by atoms with E-state index in [2.05, 4.69) is 4.90 Å². The average Bonchev–Trinajstić information content (AvgIpc) is 2.77. The van der Waals surface area contributed by atoms with Gasteiger partial charge in [-0.05, 0) is 31.5 Å². The van der Waals surface area contributed by atoms with Crippen LogP contribution in [0.4, 0.5) is 4.79 Å². The molecule has 162 valence electrons. The first-order valence-electron chi connectivity index (χ1n) is 10.5. The molecule has 2 heterocycles. The van der Waals surface area contributed by atoms with Crippen LogP contribution in [0.2, 0.25) is 0 Å². The molecule has 1 fully saturated rings. The predicted octanol–water partition coefficient (Wildman–Crippen LogP) is 3.75. The van der Waals surface area contributed by atoms with E-state index >= 15 is 0 Å². The summed E-state index contributed by atoms with van der Waals surface area (Å²) in [4.78, 5) is 29.0. The summed E-state index contributed by atoms with van der Waals surface area (Å²) in [5.41, 5.74) is 2.23. The van der Waals surface area contributed by atoms with Crippen molar-refractivity contribution in [3.05, 3.63) is 64.0 Å². The largest absolute Gasteiger partial charge is 0.507 e. The van der Waals surface area contributed by atoms with Gasteiger partial charge in [-0.2, -0.15) is 0 Å². The van der Waals surface area contributed by atoms with Gasteiger partial charge in [-0.25, -0.2) is 4.79 Å². The van der Waals surface area contributed by atoms with Crippen molar-refractivity contribution >= 4 is 17.1 Å². The number of ether oxygens (including phenoxy) is 1. The van der Waals surface area contributed by atoms with Crippen LogP contribution in [-0.2, 0) is 11.3 Å². The number of phenolic OH excluding ortho intramolecular Hbond substituents is 1. The molecule has 0 atom stereocenters. The van der Waals surface area contributed by atoms with Gasteiger partial charge >= 0.3 is 6.09 Å². The standard InChI is InChI=1S/C24H26N2O5/c1-3-30-24(29)26-13-11-25(12-14-26)15-19-20(27)10-9-18-22(28)21(16(2)31-23(18)19)17-7-5-4-6-8-17/h4-10,27H,3,11-15H2,1-2H3. The fourth-order valence-corrected chi connectivity index (χ4v) is 4.03. The van der Waals surface area contributed by atoms with Crippen molar-refractivity contribution in [1.82, 2.24) is 9.80 Å². The average molecular weight is 422 g/mol. The number of carbonyl (C=O) groups excluding carboxylic acids is 1. The number of hydrogen-bond donors (Lipinski definition) is 1. The first kappa shape index (κ1) is 20.9. The maximum absolute atomic E-state index is 13.3. The minimum atomic E-state index is -0.301. The second-order valence-corrected chi connectivity index (χ2v) is 7.63. The summed E-state index contributed by atoms with van der Waals surface area (Å²) in [6.45, 7) is 6.71. The normalized spacial score (nSPS) is 14.7. The molecule has 0 radical (unpaired) electrons. The number of benzene rings is 2. The summed E-state index contributed by atoms with van der Waals surface area (Å²) in [7, 11) is 0. The first-order chi connectivity index (χ1) is 15.0. The molecule has 1 aliphatic heterocycles. The highest BCUT2D eigenvalue weighted by Crippen LogP contribution is 2.31. The van der Waals surface area contributed by atoms with Crippen LogP contribution in [0.15, 0.2) is 51.7 Å². The number of rotatable bonds is 4. The van der Waals surface area contributed by atoms with Gasteiger partial charge in [-0.3, -0.25) is 9.69 Å². The Morgan fingerprint density at radius 2 is 1.81 bits per heavy atom. The minimum absolute atomic E-state index is 0.0929. The molecule has 1 aromatic heterocycles. The molecule has 0 aliphatic carbocycles. The van der Waals surface area contributed by atoms with Crippen LogP contribution in [0.1, 0.15) is 18.2 Å². The van der Waals surface area contributed by atoms with Crippen molar-refractivity contribution in [1.29, 1.82) is 0 Å². The van der Waals surface area contributed by atoms with Gasteiger partial charge in [0.25, 0.3) is 0 Å². The SMILES string of the molecule is CCOC(=O)N1CCN(Cc2c(O)ccc3c(=O)c(-c4ccccc4)c(C)oc23)CC1. The smallest absolute Gasteiger partial charge is 0.409 e. The van der Waals surface area contributed by atoms with E-state index in [9.17, 15) is 14.7 Å². The molecule has 31 heavy (non-hydrogen) atoms. The number of carbonyl (C=O) groups is 1. The molecule has 1 amide bonds. The molecular weight excluding hydrogens is 396 g/mol. The van der Waals surface area contributed by atoms with Gasteiger partial charge in [0.1, 0.15) is 17.1 Å². The zero-order valence-corrected chi connectivity index (χ0v) is 17.8. The molecule has 0 unspecified atom stereocenters. The summed E-state index contributed by atoms with van der Waals surface area (Å²) >= 11 is 0. The van der Waals surface area contributed by atoms with Gasteiger partial charge < -0.3 is 19.2 Å². The predicted molar refractivity (Wildman–Crippen MR) is 118 cm³/mol. The summed E-state index contributed by atoms with van der Waals surface area (Å²) in [6.07, 6.45) is -0.301. The van der Waals surface area contributed by atoms with Crippen LogP contribution >= 0.6 is 0 Å². The summed E-state index contributed by atoms with van der Waals surface area (Å²) in [5.74, 6) is 0.609. The van der Waals surface area contributed by atoms with Gasteiger partial charge in [-0.1, -0.05) is 30.3 Å². The number of fused-ring (bicyclic) bond motifs is 1. The van der Waals surface area contributed by atoms with Crippen molar-refractivity contribution in [2.45, 2.75) is 20.4 Å². The Kier molecular flexibility index (Phi) is 5.95. The summed E-state index contributed by atoms with van der Waals surface area (Å²) in [5, 5.41) is 11.0. The van der Waals surface area contributed by atoms with Gasteiger partial charge in [0.05, 0.1) is 23.1 Å². The first-order valence-corrected chi connectivity index (χ1v) is 10.5. The minimum Gasteiger partial charge on any atom is -0.507 e. The second kappa shape index (κ2) is 8.81. The second-order valence-electron chi connectivity index (χ2n) is 7.63.